The topological polar surface area (TPSA) is 75.4 Å². The molecule has 1 fully saturated rings. The van der Waals surface area contributed by atoms with Gasteiger partial charge >= 0.3 is 6.18 Å². The Hall–Kier alpha value is -3.32. The van der Waals surface area contributed by atoms with Crippen LogP contribution >= 0.6 is 11.3 Å². The lowest BCUT2D eigenvalue weighted by molar-refractivity contribution is -0.137. The molecule has 0 radical (unpaired) electrons. The van der Waals surface area contributed by atoms with Gasteiger partial charge in [-0.15, -0.1) is 11.3 Å². The minimum Gasteiger partial charge on any atom is -0.387 e. The van der Waals surface area contributed by atoms with Gasteiger partial charge in [0.15, 0.2) is 0 Å². The molecule has 0 spiro atoms. The third-order valence-corrected chi connectivity index (χ3v) is 10.4. The van der Waals surface area contributed by atoms with Crippen molar-refractivity contribution in [1.82, 2.24) is 14.1 Å². The third kappa shape index (κ3) is 4.48. The van der Waals surface area contributed by atoms with Crippen molar-refractivity contribution >= 4 is 27.4 Å². The highest BCUT2D eigenvalue weighted by atomic mass is 32.2. The van der Waals surface area contributed by atoms with Crippen molar-refractivity contribution in [3.63, 3.8) is 0 Å². The quantitative estimate of drug-likeness (QED) is 0.297. The van der Waals surface area contributed by atoms with Crippen LogP contribution in [0.15, 0.2) is 82.7 Å². The number of rotatable bonds is 5. The number of alkyl halides is 3. The number of thiophene rings is 1. The minimum atomic E-state index is -4.58. The van der Waals surface area contributed by atoms with Gasteiger partial charge in [-0.25, -0.2) is 17.5 Å². The highest BCUT2D eigenvalue weighted by Crippen LogP contribution is 2.52. The number of aromatic nitrogens is 2. The molecule has 12 heteroatoms. The van der Waals surface area contributed by atoms with Crippen LogP contribution in [-0.4, -0.2) is 40.7 Å². The molecule has 208 valence electrons. The van der Waals surface area contributed by atoms with Crippen molar-refractivity contribution in [3.05, 3.63) is 105 Å². The predicted molar refractivity (Wildman–Crippen MR) is 142 cm³/mol. The molecule has 2 aromatic heterocycles. The van der Waals surface area contributed by atoms with Crippen molar-refractivity contribution in [2.24, 2.45) is 5.41 Å². The zero-order valence-corrected chi connectivity index (χ0v) is 22.5. The van der Waals surface area contributed by atoms with Crippen LogP contribution in [0.3, 0.4) is 0 Å². The summed E-state index contributed by atoms with van der Waals surface area (Å²) in [5.74, 6) is -0.372. The Kier molecular flexibility index (Phi) is 6.49. The summed E-state index contributed by atoms with van der Waals surface area (Å²) >= 11 is 1.36. The molecule has 0 amide bonds. The van der Waals surface area contributed by atoms with Gasteiger partial charge in [-0.3, -0.25) is 0 Å². The number of hydrogen-bond acceptors (Lipinski definition) is 5. The maximum atomic E-state index is 13.6. The summed E-state index contributed by atoms with van der Waals surface area (Å²) in [6.07, 6.45) is -1.44. The van der Waals surface area contributed by atoms with Crippen LogP contribution in [0.1, 0.15) is 34.2 Å². The number of sulfonamides is 1. The number of aliphatic hydroxyl groups excluding tert-OH is 1. The Morgan fingerprint density at radius 3 is 2.42 bits per heavy atom. The second kappa shape index (κ2) is 9.65. The summed E-state index contributed by atoms with van der Waals surface area (Å²) in [6.45, 7) is 0.0243. The van der Waals surface area contributed by atoms with Crippen LogP contribution in [0, 0.1) is 11.2 Å². The first kappa shape index (κ1) is 26.9. The summed E-state index contributed by atoms with van der Waals surface area (Å²) < 4.78 is 82.9. The van der Waals surface area contributed by atoms with Gasteiger partial charge in [0, 0.05) is 23.4 Å². The molecule has 2 aliphatic rings. The van der Waals surface area contributed by atoms with Gasteiger partial charge in [-0.05, 0) is 84.5 Å². The van der Waals surface area contributed by atoms with Crippen LogP contribution in [0.2, 0.25) is 0 Å². The van der Waals surface area contributed by atoms with Gasteiger partial charge in [0.05, 0.1) is 34.1 Å². The first-order valence-electron chi connectivity index (χ1n) is 12.4. The van der Waals surface area contributed by atoms with E-state index in [9.17, 15) is 31.1 Å². The molecule has 1 saturated heterocycles. The smallest absolute Gasteiger partial charge is 0.387 e. The first-order chi connectivity index (χ1) is 19.0. The van der Waals surface area contributed by atoms with Crippen LogP contribution < -0.4 is 0 Å². The molecular formula is C28H23F4N3O3S2. The van der Waals surface area contributed by atoms with Gasteiger partial charge in [0.2, 0.25) is 10.0 Å². The zero-order valence-electron chi connectivity index (χ0n) is 20.8. The number of benzene rings is 2. The second-order valence-electron chi connectivity index (χ2n) is 9.97. The normalized spacial score (nSPS) is 20.5. The standard InChI is InChI=1S/C28H23F4N3O3S2/c29-21-5-7-22(8-6-21)35-24-14-20-11-12-34(40(37,38)23-9-3-19(4-10-23)28(30,31)32)17-27(20,15-18(24)16-33-35)26(36)25-2-1-13-39-25/h1-10,13-14,16,26,36H,11-12,15,17H2/t26-,27-/m0/s1. The average Bonchev–Trinajstić information content (AvgIpc) is 3.61. The van der Waals surface area contributed by atoms with Crippen molar-refractivity contribution in [1.29, 1.82) is 0 Å². The fourth-order valence-electron chi connectivity index (χ4n) is 5.60. The summed E-state index contributed by atoms with van der Waals surface area (Å²) in [7, 11) is -4.16. The van der Waals surface area contributed by atoms with E-state index in [1.165, 1.54) is 27.8 Å². The molecule has 6 nitrogen and oxygen atoms in total. The van der Waals surface area contributed by atoms with Gasteiger partial charge in [0.25, 0.3) is 0 Å². The highest BCUT2D eigenvalue weighted by Gasteiger charge is 2.51. The summed E-state index contributed by atoms with van der Waals surface area (Å²) in [5.41, 5.74) is 1.12. The SMILES string of the molecule is O=S(=O)(c1ccc(C(F)(F)F)cc1)N1CCC2=Cc3c(cnn3-c3ccc(F)cc3)C[C@]2([C@@H](O)c2cccs2)C1. The van der Waals surface area contributed by atoms with E-state index in [-0.39, 0.29) is 30.2 Å². The number of nitrogens with zero attached hydrogens (tertiary/aromatic N) is 3. The number of hydrogen-bond donors (Lipinski definition) is 1. The predicted octanol–water partition coefficient (Wildman–Crippen LogP) is 5.85. The third-order valence-electron chi connectivity index (χ3n) is 7.66. The lowest BCUT2D eigenvalue weighted by atomic mass is 9.65. The van der Waals surface area contributed by atoms with Crippen LogP contribution in [0.4, 0.5) is 17.6 Å². The van der Waals surface area contributed by atoms with E-state index in [4.69, 9.17) is 0 Å². The van der Waals surface area contributed by atoms with E-state index in [1.807, 2.05) is 17.5 Å². The summed E-state index contributed by atoms with van der Waals surface area (Å²) in [4.78, 5) is 0.434. The van der Waals surface area contributed by atoms with Crippen molar-refractivity contribution < 1.29 is 31.1 Å². The largest absolute Gasteiger partial charge is 0.416 e. The Balaban J connectivity index is 1.40. The molecule has 4 aromatic rings. The van der Waals surface area contributed by atoms with E-state index < -0.39 is 33.3 Å². The maximum Gasteiger partial charge on any atom is 0.416 e. The zero-order chi connectivity index (χ0) is 28.3. The van der Waals surface area contributed by atoms with E-state index in [0.717, 1.165) is 41.1 Å². The van der Waals surface area contributed by atoms with Gasteiger partial charge in [-0.2, -0.15) is 22.6 Å². The highest BCUT2D eigenvalue weighted by molar-refractivity contribution is 7.89. The molecule has 1 aliphatic carbocycles. The van der Waals surface area contributed by atoms with Gasteiger partial charge < -0.3 is 5.11 Å². The Bertz CT molecular complexity index is 1680. The van der Waals surface area contributed by atoms with Crippen molar-refractivity contribution in [2.75, 3.05) is 13.1 Å². The maximum absolute atomic E-state index is 13.6. The van der Waals surface area contributed by atoms with Crippen LogP contribution in [-0.2, 0) is 22.6 Å². The molecule has 3 heterocycles. The first-order valence-corrected chi connectivity index (χ1v) is 14.7. The lowest BCUT2D eigenvalue weighted by Crippen LogP contribution is -2.51. The Morgan fingerprint density at radius 2 is 1.77 bits per heavy atom. The summed E-state index contributed by atoms with van der Waals surface area (Å²) in [6, 6.07) is 13.0. The molecule has 6 rings (SSSR count). The van der Waals surface area contributed by atoms with Crippen molar-refractivity contribution in [2.45, 2.75) is 30.0 Å². The fourth-order valence-corrected chi connectivity index (χ4v) is 7.93. The monoisotopic (exact) mass is 589 g/mol. The second-order valence-corrected chi connectivity index (χ2v) is 12.9. The molecule has 0 unspecified atom stereocenters. The number of halogens is 4. The Morgan fingerprint density at radius 1 is 1.05 bits per heavy atom. The van der Waals surface area contributed by atoms with E-state index in [1.54, 1.807) is 29.1 Å². The lowest BCUT2D eigenvalue weighted by Gasteiger charge is -2.48. The van der Waals surface area contributed by atoms with E-state index in [0.29, 0.717) is 17.0 Å². The molecule has 0 saturated carbocycles. The molecule has 1 aliphatic heterocycles. The molecule has 0 bridgehead atoms. The summed E-state index contributed by atoms with van der Waals surface area (Å²) in [5, 5.41) is 18.1. The van der Waals surface area contributed by atoms with E-state index >= 15 is 0 Å². The molecule has 1 N–H and O–H groups in total. The van der Waals surface area contributed by atoms with E-state index in [2.05, 4.69) is 5.10 Å². The fraction of sp³-hybridized carbons (Fsp3) is 0.250. The van der Waals surface area contributed by atoms with Crippen molar-refractivity contribution in [3.8, 4) is 5.69 Å². The molecule has 2 atom stereocenters. The Labute approximate surface area is 231 Å². The van der Waals surface area contributed by atoms with Gasteiger partial charge in [-0.1, -0.05) is 11.6 Å². The molecule has 2 aromatic carbocycles. The average molecular weight is 590 g/mol. The number of fused-ring (bicyclic) bond motifs is 2. The minimum absolute atomic E-state index is 0.0670. The molecule has 40 heavy (non-hydrogen) atoms. The van der Waals surface area contributed by atoms with Gasteiger partial charge in [0.1, 0.15) is 5.82 Å². The number of piperidine rings is 1. The molecular weight excluding hydrogens is 566 g/mol. The van der Waals surface area contributed by atoms with Crippen LogP contribution in [0.25, 0.3) is 11.8 Å². The number of aliphatic hydroxyl groups is 1. The van der Waals surface area contributed by atoms with Crippen LogP contribution in [0.5, 0.6) is 0 Å².